The third kappa shape index (κ3) is 3.23. The molecule has 0 fully saturated rings. The Bertz CT molecular complexity index is 986. The first-order chi connectivity index (χ1) is 11.5. The Hall–Kier alpha value is -2.49. The fraction of sp³-hybridized carbons (Fsp3) is 0.0625. The second-order valence-corrected chi connectivity index (χ2v) is 6.24. The maximum Gasteiger partial charge on any atom is 0.300 e. The molecule has 2 heterocycles. The molecule has 0 saturated carbocycles. The van der Waals surface area contributed by atoms with Gasteiger partial charge in [0.1, 0.15) is 11.5 Å². The van der Waals surface area contributed by atoms with Gasteiger partial charge in [0, 0.05) is 16.3 Å². The van der Waals surface area contributed by atoms with E-state index >= 15 is 0 Å². The maximum atomic E-state index is 12.9. The van der Waals surface area contributed by atoms with Crippen LogP contribution in [0.3, 0.4) is 0 Å². The van der Waals surface area contributed by atoms with Gasteiger partial charge in [-0.3, -0.25) is 14.0 Å². The fourth-order valence-corrected chi connectivity index (χ4v) is 2.59. The summed E-state index contributed by atoms with van der Waals surface area (Å²) in [5.41, 5.74) is -0.129. The van der Waals surface area contributed by atoms with Crippen molar-refractivity contribution in [3.63, 3.8) is 0 Å². The maximum absolute atomic E-state index is 12.9. The van der Waals surface area contributed by atoms with Crippen molar-refractivity contribution >= 4 is 34.1 Å². The number of halogens is 2. The molecule has 2 aromatic heterocycles. The average Bonchev–Trinajstić information content (AvgIpc) is 2.58. The number of carbonyl (C=O) groups excluding carboxylic acids is 1. The minimum absolute atomic E-state index is 0.117. The van der Waals surface area contributed by atoms with Crippen LogP contribution in [-0.2, 0) is 6.54 Å². The van der Waals surface area contributed by atoms with Crippen LogP contribution in [0, 0.1) is 9.39 Å². The molecule has 0 unspecified atom stereocenters. The second-order valence-electron chi connectivity index (χ2n) is 5.00. The highest BCUT2D eigenvalue weighted by atomic mass is 127. The molecule has 0 aliphatic carbocycles. The minimum Gasteiger partial charge on any atom is -0.501 e. The first-order valence-electron chi connectivity index (χ1n) is 6.89. The summed E-state index contributed by atoms with van der Waals surface area (Å²) in [6, 6.07) is 8.93. The Balaban J connectivity index is 1.89. The van der Waals surface area contributed by atoms with Gasteiger partial charge in [-0.15, -0.1) is 0 Å². The first kappa shape index (κ1) is 16.4. The number of hydrogen-bond donors (Lipinski definition) is 2. The van der Waals surface area contributed by atoms with Crippen molar-refractivity contribution in [2.45, 2.75) is 6.54 Å². The number of aromatic hydroxyl groups is 1. The van der Waals surface area contributed by atoms with Crippen LogP contribution in [0.5, 0.6) is 5.75 Å². The van der Waals surface area contributed by atoms with Crippen LogP contribution >= 0.6 is 22.6 Å². The summed E-state index contributed by atoms with van der Waals surface area (Å²) in [5.74, 6) is -1.78. The zero-order chi connectivity index (χ0) is 17.3. The van der Waals surface area contributed by atoms with Gasteiger partial charge in [-0.1, -0.05) is 12.1 Å². The molecule has 3 aromatic rings. The van der Waals surface area contributed by atoms with Crippen molar-refractivity contribution in [3.8, 4) is 5.75 Å². The lowest BCUT2D eigenvalue weighted by molar-refractivity contribution is 0.0942. The van der Waals surface area contributed by atoms with E-state index in [4.69, 9.17) is 0 Å². The summed E-state index contributed by atoms with van der Waals surface area (Å²) in [6.07, 6.45) is 1.52. The Labute approximate surface area is 149 Å². The van der Waals surface area contributed by atoms with Crippen molar-refractivity contribution in [3.05, 3.63) is 73.6 Å². The van der Waals surface area contributed by atoms with E-state index in [2.05, 4.69) is 10.3 Å². The number of benzene rings is 1. The van der Waals surface area contributed by atoms with Crippen LogP contribution < -0.4 is 10.9 Å². The Morgan fingerprint density at radius 1 is 1.25 bits per heavy atom. The Morgan fingerprint density at radius 3 is 2.67 bits per heavy atom. The largest absolute Gasteiger partial charge is 0.501 e. The van der Waals surface area contributed by atoms with E-state index in [-0.39, 0.29) is 23.7 Å². The summed E-state index contributed by atoms with van der Waals surface area (Å²) < 4.78 is 14.8. The normalized spacial score (nSPS) is 10.8. The summed E-state index contributed by atoms with van der Waals surface area (Å²) >= 11 is 2.03. The molecule has 2 N–H and O–H groups in total. The lowest BCUT2D eigenvalue weighted by Gasteiger charge is -2.08. The van der Waals surface area contributed by atoms with Gasteiger partial charge in [0.2, 0.25) is 5.75 Å². The highest BCUT2D eigenvalue weighted by molar-refractivity contribution is 14.1. The zero-order valence-corrected chi connectivity index (χ0v) is 14.3. The van der Waals surface area contributed by atoms with Gasteiger partial charge < -0.3 is 10.4 Å². The smallest absolute Gasteiger partial charge is 0.300 e. The van der Waals surface area contributed by atoms with Gasteiger partial charge in [0.05, 0.1) is 0 Å². The molecule has 0 spiro atoms. The number of fused-ring (bicyclic) bond motifs is 1. The highest BCUT2D eigenvalue weighted by Crippen LogP contribution is 2.13. The van der Waals surface area contributed by atoms with Gasteiger partial charge in [0.25, 0.3) is 5.91 Å². The Morgan fingerprint density at radius 2 is 1.96 bits per heavy atom. The number of amides is 1. The SMILES string of the molecule is O=C(NCc1ccc(F)cc1)c1nc2ccc(I)cn2c(=O)c1O. The number of hydrogen-bond acceptors (Lipinski definition) is 4. The first-order valence-corrected chi connectivity index (χ1v) is 7.97. The van der Waals surface area contributed by atoms with E-state index < -0.39 is 17.2 Å². The number of aromatic nitrogens is 2. The topological polar surface area (TPSA) is 83.7 Å². The van der Waals surface area contributed by atoms with Gasteiger partial charge in [-0.05, 0) is 52.4 Å². The molecule has 24 heavy (non-hydrogen) atoms. The molecule has 0 atom stereocenters. The molecule has 1 aromatic carbocycles. The Kier molecular flexibility index (Phi) is 4.47. The average molecular weight is 439 g/mol. The van der Waals surface area contributed by atoms with Crippen LogP contribution in [0.25, 0.3) is 5.65 Å². The summed E-state index contributed by atoms with van der Waals surface area (Å²) in [5, 5.41) is 12.5. The lowest BCUT2D eigenvalue weighted by atomic mass is 10.2. The van der Waals surface area contributed by atoms with Gasteiger partial charge >= 0.3 is 5.56 Å². The van der Waals surface area contributed by atoms with Gasteiger partial charge in [-0.25, -0.2) is 9.37 Å². The van der Waals surface area contributed by atoms with Crippen molar-refractivity contribution in [1.29, 1.82) is 0 Å². The minimum atomic E-state index is -0.717. The predicted octanol–water partition coefficient (Wildman–Crippen LogP) is 2.07. The molecule has 0 bridgehead atoms. The molecule has 0 saturated heterocycles. The number of rotatable bonds is 3. The van der Waals surface area contributed by atoms with E-state index in [1.54, 1.807) is 12.1 Å². The van der Waals surface area contributed by atoms with Crippen LogP contribution in [0.4, 0.5) is 4.39 Å². The standard InChI is InChI=1S/C16H11FIN3O3/c17-10-3-1-9(2-4-10)7-19-15(23)13-14(22)16(24)21-8-11(18)5-6-12(21)20-13/h1-6,8,22H,7H2,(H,19,23). The third-order valence-corrected chi connectivity index (χ3v) is 3.98. The van der Waals surface area contributed by atoms with Crippen molar-refractivity contribution in [2.75, 3.05) is 0 Å². The molecule has 0 aliphatic heterocycles. The molecular formula is C16H11FIN3O3. The van der Waals surface area contributed by atoms with Gasteiger partial charge in [-0.2, -0.15) is 0 Å². The quantitative estimate of drug-likeness (QED) is 0.613. The molecule has 122 valence electrons. The van der Waals surface area contributed by atoms with Gasteiger partial charge in [0.15, 0.2) is 5.69 Å². The zero-order valence-electron chi connectivity index (χ0n) is 12.2. The number of pyridine rings is 1. The van der Waals surface area contributed by atoms with Crippen molar-refractivity contribution in [1.82, 2.24) is 14.7 Å². The van der Waals surface area contributed by atoms with E-state index in [1.165, 1.54) is 34.9 Å². The molecule has 3 rings (SSSR count). The monoisotopic (exact) mass is 439 g/mol. The van der Waals surface area contributed by atoms with Crippen molar-refractivity contribution in [2.24, 2.45) is 0 Å². The molecule has 0 radical (unpaired) electrons. The van der Waals surface area contributed by atoms with Crippen molar-refractivity contribution < 1.29 is 14.3 Å². The van der Waals surface area contributed by atoms with Crippen LogP contribution in [0.1, 0.15) is 16.1 Å². The number of carbonyl (C=O) groups is 1. The van der Waals surface area contributed by atoms with Crippen LogP contribution in [-0.4, -0.2) is 20.4 Å². The van der Waals surface area contributed by atoms with E-state index in [1.807, 2.05) is 22.6 Å². The lowest BCUT2D eigenvalue weighted by Crippen LogP contribution is -2.27. The molecule has 1 amide bonds. The summed E-state index contributed by atoms with van der Waals surface area (Å²) in [6.45, 7) is 0.117. The second kappa shape index (κ2) is 6.56. The highest BCUT2D eigenvalue weighted by Gasteiger charge is 2.18. The molecule has 0 aliphatic rings. The van der Waals surface area contributed by atoms with E-state index in [0.29, 0.717) is 5.56 Å². The van der Waals surface area contributed by atoms with E-state index in [9.17, 15) is 19.1 Å². The number of nitrogens with one attached hydrogen (secondary N) is 1. The summed E-state index contributed by atoms with van der Waals surface area (Å²) in [7, 11) is 0. The predicted molar refractivity (Wildman–Crippen MR) is 93.4 cm³/mol. The molecule has 8 heteroatoms. The van der Waals surface area contributed by atoms with Crippen LogP contribution in [0.2, 0.25) is 0 Å². The fourth-order valence-electron chi connectivity index (χ4n) is 2.13. The van der Waals surface area contributed by atoms with E-state index in [0.717, 1.165) is 3.57 Å². The molecular weight excluding hydrogens is 428 g/mol. The number of nitrogens with zero attached hydrogens (tertiary/aromatic N) is 2. The summed E-state index contributed by atoms with van der Waals surface area (Å²) in [4.78, 5) is 28.4. The third-order valence-electron chi connectivity index (χ3n) is 3.34. The van der Waals surface area contributed by atoms with Crippen LogP contribution in [0.15, 0.2) is 47.4 Å². The molecule has 6 nitrogen and oxygen atoms in total.